The molecule has 6 nitrogen and oxygen atoms in total. The van der Waals surface area contributed by atoms with Crippen LogP contribution in [-0.2, 0) is 4.79 Å². The minimum atomic E-state index is -0.404. The van der Waals surface area contributed by atoms with Gasteiger partial charge in [0, 0.05) is 23.5 Å². The summed E-state index contributed by atoms with van der Waals surface area (Å²) in [6.07, 6.45) is 2.88. The zero-order valence-corrected chi connectivity index (χ0v) is 12.4. The standard InChI is InChI=1S/C15H19N3O3/c1-15(2,3)18-13(20)10-17-14(21)12-7-11(5-4-6-19)8-16-9-12/h7-9,19H,6,10H2,1-3H3,(H,17,21)(H,18,20). The Labute approximate surface area is 124 Å². The minimum Gasteiger partial charge on any atom is -0.384 e. The molecule has 0 saturated carbocycles. The number of carbonyl (C=O) groups is 2. The van der Waals surface area contributed by atoms with Crippen LogP contribution in [0.5, 0.6) is 0 Å². The van der Waals surface area contributed by atoms with Crippen molar-refractivity contribution in [2.75, 3.05) is 13.2 Å². The number of aliphatic hydroxyl groups excluding tert-OH is 1. The molecule has 0 unspecified atom stereocenters. The second-order valence-electron chi connectivity index (χ2n) is 5.40. The fraction of sp³-hybridized carbons (Fsp3) is 0.400. The van der Waals surface area contributed by atoms with Crippen molar-refractivity contribution in [2.24, 2.45) is 0 Å². The average Bonchev–Trinajstić information content (AvgIpc) is 2.41. The molecule has 21 heavy (non-hydrogen) atoms. The maximum Gasteiger partial charge on any atom is 0.253 e. The van der Waals surface area contributed by atoms with Crippen molar-refractivity contribution in [3.63, 3.8) is 0 Å². The molecule has 0 radical (unpaired) electrons. The fourth-order valence-electron chi connectivity index (χ4n) is 1.50. The molecular formula is C15H19N3O3. The van der Waals surface area contributed by atoms with Gasteiger partial charge in [-0.15, -0.1) is 0 Å². The van der Waals surface area contributed by atoms with E-state index in [4.69, 9.17) is 5.11 Å². The molecule has 1 aromatic rings. The molecule has 0 aliphatic heterocycles. The number of nitrogens with one attached hydrogen (secondary N) is 2. The lowest BCUT2D eigenvalue weighted by molar-refractivity contribution is -0.121. The molecule has 0 fully saturated rings. The van der Waals surface area contributed by atoms with Gasteiger partial charge in [-0.2, -0.15) is 0 Å². The summed E-state index contributed by atoms with van der Waals surface area (Å²) in [5, 5.41) is 13.9. The molecule has 1 rings (SSSR count). The highest BCUT2D eigenvalue weighted by Crippen LogP contribution is 2.01. The first-order valence-corrected chi connectivity index (χ1v) is 6.46. The first-order chi connectivity index (χ1) is 9.81. The molecule has 0 spiro atoms. The van der Waals surface area contributed by atoms with E-state index in [1.165, 1.54) is 12.4 Å². The molecule has 6 heteroatoms. The molecule has 1 aromatic heterocycles. The van der Waals surface area contributed by atoms with Crippen LogP contribution in [0.4, 0.5) is 0 Å². The predicted octanol–water partition coefficient (Wildman–Crippen LogP) is 0.0699. The first-order valence-electron chi connectivity index (χ1n) is 6.46. The van der Waals surface area contributed by atoms with E-state index in [0.29, 0.717) is 11.1 Å². The number of aliphatic hydroxyl groups is 1. The summed E-state index contributed by atoms with van der Waals surface area (Å²) in [6, 6.07) is 1.55. The van der Waals surface area contributed by atoms with Crippen molar-refractivity contribution in [1.29, 1.82) is 0 Å². The Balaban J connectivity index is 2.62. The maximum atomic E-state index is 11.9. The highest BCUT2D eigenvalue weighted by atomic mass is 16.2. The Hall–Kier alpha value is -2.39. The van der Waals surface area contributed by atoms with Crippen molar-refractivity contribution in [1.82, 2.24) is 15.6 Å². The van der Waals surface area contributed by atoms with E-state index < -0.39 is 5.91 Å². The zero-order chi connectivity index (χ0) is 15.9. The molecule has 0 atom stereocenters. The summed E-state index contributed by atoms with van der Waals surface area (Å²) in [4.78, 5) is 27.4. The molecule has 0 aromatic carbocycles. The number of nitrogens with zero attached hydrogens (tertiary/aromatic N) is 1. The number of amides is 2. The van der Waals surface area contributed by atoms with Crippen LogP contribution in [0, 0.1) is 11.8 Å². The molecule has 0 saturated heterocycles. The lowest BCUT2D eigenvalue weighted by Crippen LogP contribution is -2.45. The summed E-state index contributed by atoms with van der Waals surface area (Å²) in [6.45, 7) is 5.21. The van der Waals surface area contributed by atoms with E-state index in [1.807, 2.05) is 20.8 Å². The first kappa shape index (κ1) is 16.7. The van der Waals surface area contributed by atoms with Crippen LogP contribution in [0.25, 0.3) is 0 Å². The zero-order valence-electron chi connectivity index (χ0n) is 12.4. The van der Waals surface area contributed by atoms with E-state index >= 15 is 0 Å². The van der Waals surface area contributed by atoms with Gasteiger partial charge in [0.15, 0.2) is 0 Å². The van der Waals surface area contributed by atoms with Gasteiger partial charge in [0.1, 0.15) is 6.61 Å². The third kappa shape index (κ3) is 6.54. The summed E-state index contributed by atoms with van der Waals surface area (Å²) in [7, 11) is 0. The smallest absolute Gasteiger partial charge is 0.253 e. The van der Waals surface area contributed by atoms with Gasteiger partial charge in [-0.25, -0.2) is 0 Å². The Morgan fingerprint density at radius 2 is 2.05 bits per heavy atom. The molecule has 0 bridgehead atoms. The number of hydrogen-bond donors (Lipinski definition) is 3. The molecule has 0 aliphatic rings. The highest BCUT2D eigenvalue weighted by molar-refractivity contribution is 5.96. The molecular weight excluding hydrogens is 270 g/mol. The van der Waals surface area contributed by atoms with Crippen molar-refractivity contribution >= 4 is 11.8 Å². The van der Waals surface area contributed by atoms with E-state index in [2.05, 4.69) is 27.5 Å². The Bertz CT molecular complexity index is 580. The summed E-state index contributed by atoms with van der Waals surface area (Å²) in [5.74, 6) is 4.47. The third-order valence-corrected chi connectivity index (χ3v) is 2.24. The quantitative estimate of drug-likeness (QED) is 0.687. The predicted molar refractivity (Wildman–Crippen MR) is 78.4 cm³/mol. The lowest BCUT2D eigenvalue weighted by Gasteiger charge is -2.20. The Morgan fingerprint density at radius 3 is 2.67 bits per heavy atom. The molecule has 112 valence electrons. The van der Waals surface area contributed by atoms with E-state index in [9.17, 15) is 9.59 Å². The fourth-order valence-corrected chi connectivity index (χ4v) is 1.50. The van der Waals surface area contributed by atoms with Crippen molar-refractivity contribution < 1.29 is 14.7 Å². The topological polar surface area (TPSA) is 91.3 Å². The largest absolute Gasteiger partial charge is 0.384 e. The molecule has 2 amide bonds. The van der Waals surface area contributed by atoms with Gasteiger partial charge in [0.05, 0.1) is 12.1 Å². The SMILES string of the molecule is CC(C)(C)NC(=O)CNC(=O)c1cncc(C#CCO)c1. The van der Waals surface area contributed by atoms with Crippen LogP contribution >= 0.6 is 0 Å². The number of hydrogen-bond acceptors (Lipinski definition) is 4. The molecule has 3 N–H and O–H groups in total. The van der Waals surface area contributed by atoms with Crippen LogP contribution in [0.2, 0.25) is 0 Å². The van der Waals surface area contributed by atoms with Gasteiger partial charge in [0.25, 0.3) is 5.91 Å². The van der Waals surface area contributed by atoms with Crippen molar-refractivity contribution in [3.05, 3.63) is 29.6 Å². The number of rotatable bonds is 3. The third-order valence-electron chi connectivity index (χ3n) is 2.24. The normalized spacial score (nSPS) is 10.3. The number of aromatic nitrogens is 1. The number of pyridine rings is 1. The van der Waals surface area contributed by atoms with Crippen molar-refractivity contribution in [3.8, 4) is 11.8 Å². The van der Waals surface area contributed by atoms with Crippen LogP contribution in [0.3, 0.4) is 0 Å². The summed E-state index contributed by atoms with van der Waals surface area (Å²) >= 11 is 0. The van der Waals surface area contributed by atoms with Gasteiger partial charge < -0.3 is 15.7 Å². The molecule has 1 heterocycles. The van der Waals surface area contributed by atoms with Crippen LogP contribution in [0.1, 0.15) is 36.7 Å². The van der Waals surface area contributed by atoms with Gasteiger partial charge in [0.2, 0.25) is 5.91 Å². The van der Waals surface area contributed by atoms with Crippen LogP contribution in [-0.4, -0.2) is 40.6 Å². The average molecular weight is 289 g/mol. The Kier molecular flexibility index (Phi) is 5.88. The van der Waals surface area contributed by atoms with Gasteiger partial charge >= 0.3 is 0 Å². The van der Waals surface area contributed by atoms with Gasteiger partial charge in [-0.3, -0.25) is 14.6 Å². The second kappa shape index (κ2) is 7.41. The van der Waals surface area contributed by atoms with Crippen molar-refractivity contribution in [2.45, 2.75) is 26.3 Å². The van der Waals surface area contributed by atoms with Crippen LogP contribution in [0.15, 0.2) is 18.5 Å². The summed E-state index contributed by atoms with van der Waals surface area (Å²) < 4.78 is 0. The highest BCUT2D eigenvalue weighted by Gasteiger charge is 2.14. The second-order valence-corrected chi connectivity index (χ2v) is 5.40. The van der Waals surface area contributed by atoms with Gasteiger partial charge in [-0.1, -0.05) is 11.8 Å². The Morgan fingerprint density at radius 1 is 1.33 bits per heavy atom. The minimum absolute atomic E-state index is 0.108. The van der Waals surface area contributed by atoms with Crippen LogP contribution < -0.4 is 10.6 Å². The monoisotopic (exact) mass is 289 g/mol. The van der Waals surface area contributed by atoms with E-state index in [-0.39, 0.29) is 24.6 Å². The van der Waals surface area contributed by atoms with E-state index in [0.717, 1.165) is 0 Å². The molecule has 0 aliphatic carbocycles. The lowest BCUT2D eigenvalue weighted by atomic mass is 10.1. The van der Waals surface area contributed by atoms with Gasteiger partial charge in [-0.05, 0) is 26.8 Å². The maximum absolute atomic E-state index is 11.9. The van der Waals surface area contributed by atoms with E-state index in [1.54, 1.807) is 6.07 Å². The summed E-state index contributed by atoms with van der Waals surface area (Å²) in [5.41, 5.74) is 0.488. The number of carbonyl (C=O) groups excluding carboxylic acids is 2.